The van der Waals surface area contributed by atoms with E-state index in [0.29, 0.717) is 54.9 Å². The first kappa shape index (κ1) is 21.5. The van der Waals surface area contributed by atoms with Crippen LogP contribution in [0.5, 0.6) is 11.5 Å². The second-order valence-electron chi connectivity index (χ2n) is 8.03. The van der Waals surface area contributed by atoms with E-state index in [1.807, 2.05) is 29.2 Å². The van der Waals surface area contributed by atoms with Gasteiger partial charge in [0, 0.05) is 42.7 Å². The number of carbonyl (C=O) groups excluding carboxylic acids is 2. The van der Waals surface area contributed by atoms with Crippen LogP contribution in [0.25, 0.3) is 0 Å². The number of hydrogen-bond donors (Lipinski definition) is 0. The van der Waals surface area contributed by atoms with Crippen LogP contribution in [0.1, 0.15) is 35.2 Å². The van der Waals surface area contributed by atoms with Crippen LogP contribution in [-0.4, -0.2) is 54.9 Å². The van der Waals surface area contributed by atoms with Gasteiger partial charge in [-0.25, -0.2) is 0 Å². The summed E-state index contributed by atoms with van der Waals surface area (Å²) in [6.07, 6.45) is 3.16. The molecule has 1 aliphatic carbocycles. The first-order chi connectivity index (χ1) is 15.0. The van der Waals surface area contributed by atoms with Gasteiger partial charge < -0.3 is 19.3 Å². The molecule has 2 aromatic carbocycles. The van der Waals surface area contributed by atoms with E-state index in [1.165, 1.54) is 0 Å². The Morgan fingerprint density at radius 2 is 1.65 bits per heavy atom. The van der Waals surface area contributed by atoms with Gasteiger partial charge in [-0.15, -0.1) is 0 Å². The zero-order chi connectivity index (χ0) is 21.8. The minimum atomic E-state index is -0.0571. The van der Waals surface area contributed by atoms with Crippen LogP contribution in [0.4, 0.5) is 0 Å². The van der Waals surface area contributed by atoms with Crippen molar-refractivity contribution in [3.63, 3.8) is 0 Å². The van der Waals surface area contributed by atoms with Gasteiger partial charge in [0.1, 0.15) is 6.61 Å². The van der Waals surface area contributed by atoms with E-state index in [-0.39, 0.29) is 17.7 Å². The Kier molecular flexibility index (Phi) is 6.66. The van der Waals surface area contributed by atoms with Gasteiger partial charge in [0.25, 0.3) is 5.91 Å². The Morgan fingerprint density at radius 3 is 2.26 bits per heavy atom. The van der Waals surface area contributed by atoms with E-state index in [9.17, 15) is 9.59 Å². The molecule has 6 nitrogen and oxygen atoms in total. The summed E-state index contributed by atoms with van der Waals surface area (Å²) in [6, 6.07) is 12.7. The van der Waals surface area contributed by atoms with Crippen LogP contribution < -0.4 is 9.47 Å². The molecule has 164 valence electrons. The molecule has 0 radical (unpaired) electrons. The summed E-state index contributed by atoms with van der Waals surface area (Å²) in [5.74, 6) is 1.48. The number of rotatable bonds is 6. The molecular formula is C24H27ClN2O4. The monoisotopic (exact) mass is 442 g/mol. The van der Waals surface area contributed by atoms with Crippen LogP contribution >= 0.6 is 11.6 Å². The molecule has 1 aliphatic heterocycles. The number of piperazine rings is 1. The van der Waals surface area contributed by atoms with Crippen molar-refractivity contribution in [2.45, 2.75) is 25.9 Å². The second-order valence-corrected chi connectivity index (χ2v) is 8.46. The maximum atomic E-state index is 13.0. The van der Waals surface area contributed by atoms with E-state index in [4.69, 9.17) is 21.1 Å². The average Bonchev–Trinajstić information content (AvgIpc) is 2.77. The lowest BCUT2D eigenvalue weighted by Crippen LogP contribution is -2.52. The van der Waals surface area contributed by atoms with Gasteiger partial charge in [-0.3, -0.25) is 9.59 Å². The summed E-state index contributed by atoms with van der Waals surface area (Å²) in [6.45, 7) is 2.67. The smallest absolute Gasteiger partial charge is 0.254 e. The van der Waals surface area contributed by atoms with Crippen LogP contribution in [0, 0.1) is 5.92 Å². The number of carbonyl (C=O) groups is 2. The highest BCUT2D eigenvalue weighted by Crippen LogP contribution is 2.30. The molecule has 2 fully saturated rings. The Labute approximate surface area is 187 Å². The zero-order valence-electron chi connectivity index (χ0n) is 17.7. The third-order valence-electron chi connectivity index (χ3n) is 6.05. The van der Waals surface area contributed by atoms with Gasteiger partial charge in [-0.1, -0.05) is 30.2 Å². The Morgan fingerprint density at radius 1 is 0.968 bits per heavy atom. The molecule has 0 spiro atoms. The Bertz CT molecular complexity index is 935. The molecule has 7 heteroatoms. The summed E-state index contributed by atoms with van der Waals surface area (Å²) in [7, 11) is 1.56. The maximum absolute atomic E-state index is 13.0. The van der Waals surface area contributed by atoms with Crippen molar-refractivity contribution in [2.75, 3.05) is 33.3 Å². The van der Waals surface area contributed by atoms with E-state index >= 15 is 0 Å². The number of benzene rings is 2. The molecule has 1 saturated heterocycles. The zero-order valence-corrected chi connectivity index (χ0v) is 18.4. The van der Waals surface area contributed by atoms with Crippen LogP contribution in [0.15, 0.2) is 42.5 Å². The van der Waals surface area contributed by atoms with Crippen molar-refractivity contribution in [3.8, 4) is 11.5 Å². The molecule has 0 aromatic heterocycles. The highest BCUT2D eigenvalue weighted by molar-refractivity contribution is 6.30. The average molecular weight is 443 g/mol. The first-order valence-corrected chi connectivity index (χ1v) is 11.1. The molecule has 31 heavy (non-hydrogen) atoms. The molecule has 0 N–H and O–H groups in total. The SMILES string of the molecule is COc1cc(C(=O)N2CCN(C(=O)C3CCC3)CC2)ccc1OCc1ccc(Cl)cc1. The quantitative estimate of drug-likeness (QED) is 0.678. The van der Waals surface area contributed by atoms with Gasteiger partial charge in [0.15, 0.2) is 11.5 Å². The molecule has 4 rings (SSSR count). The van der Waals surface area contributed by atoms with Crippen molar-refractivity contribution >= 4 is 23.4 Å². The number of methoxy groups -OCH3 is 1. The number of nitrogens with zero attached hydrogens (tertiary/aromatic N) is 2. The summed E-state index contributed by atoms with van der Waals surface area (Å²) in [5.41, 5.74) is 1.54. The lowest BCUT2D eigenvalue weighted by molar-refractivity contribution is -0.139. The lowest BCUT2D eigenvalue weighted by atomic mass is 9.84. The number of amides is 2. The first-order valence-electron chi connectivity index (χ1n) is 10.7. The lowest BCUT2D eigenvalue weighted by Gasteiger charge is -2.38. The molecule has 0 unspecified atom stereocenters. The number of ether oxygens (including phenoxy) is 2. The fourth-order valence-electron chi connectivity index (χ4n) is 3.89. The second kappa shape index (κ2) is 9.60. The Hall–Kier alpha value is -2.73. The molecular weight excluding hydrogens is 416 g/mol. The largest absolute Gasteiger partial charge is 0.493 e. The van der Waals surface area contributed by atoms with Crippen LogP contribution in [0.2, 0.25) is 5.02 Å². The normalized spacial score (nSPS) is 16.6. The predicted octanol–water partition coefficient (Wildman–Crippen LogP) is 4.01. The van der Waals surface area contributed by atoms with E-state index < -0.39 is 0 Å². The van der Waals surface area contributed by atoms with Gasteiger partial charge >= 0.3 is 0 Å². The van der Waals surface area contributed by atoms with Gasteiger partial charge in [-0.05, 0) is 48.7 Å². The van der Waals surface area contributed by atoms with Crippen molar-refractivity contribution in [3.05, 3.63) is 58.6 Å². The Balaban J connectivity index is 1.36. The fraction of sp³-hybridized carbons (Fsp3) is 0.417. The third-order valence-corrected chi connectivity index (χ3v) is 6.30. The number of hydrogen-bond acceptors (Lipinski definition) is 4. The van der Waals surface area contributed by atoms with E-state index in [1.54, 1.807) is 30.2 Å². The minimum Gasteiger partial charge on any atom is -0.493 e. The van der Waals surface area contributed by atoms with Crippen LogP contribution in [0.3, 0.4) is 0 Å². The van der Waals surface area contributed by atoms with Gasteiger partial charge in [0.2, 0.25) is 5.91 Å². The van der Waals surface area contributed by atoms with Gasteiger partial charge in [-0.2, -0.15) is 0 Å². The molecule has 2 amide bonds. The van der Waals surface area contributed by atoms with E-state index in [2.05, 4.69) is 0 Å². The van der Waals surface area contributed by atoms with Crippen molar-refractivity contribution in [1.82, 2.24) is 9.80 Å². The number of halogens is 1. The molecule has 2 aliphatic rings. The minimum absolute atomic E-state index is 0.0571. The maximum Gasteiger partial charge on any atom is 0.254 e. The van der Waals surface area contributed by atoms with Crippen molar-refractivity contribution < 1.29 is 19.1 Å². The highest BCUT2D eigenvalue weighted by Gasteiger charge is 2.32. The topological polar surface area (TPSA) is 59.1 Å². The molecule has 1 saturated carbocycles. The molecule has 1 heterocycles. The summed E-state index contributed by atoms with van der Waals surface area (Å²) in [5, 5.41) is 0.678. The summed E-state index contributed by atoms with van der Waals surface area (Å²) in [4.78, 5) is 29.1. The molecule has 2 aromatic rings. The highest BCUT2D eigenvalue weighted by atomic mass is 35.5. The van der Waals surface area contributed by atoms with Crippen molar-refractivity contribution in [2.24, 2.45) is 5.92 Å². The van der Waals surface area contributed by atoms with Crippen LogP contribution in [-0.2, 0) is 11.4 Å². The molecule has 0 bridgehead atoms. The van der Waals surface area contributed by atoms with Gasteiger partial charge in [0.05, 0.1) is 7.11 Å². The third kappa shape index (κ3) is 4.96. The van der Waals surface area contributed by atoms with E-state index in [0.717, 1.165) is 24.8 Å². The standard InChI is InChI=1S/C24H27ClN2O4/c1-30-22-15-19(7-10-21(22)31-16-17-5-8-20(25)9-6-17)24(29)27-13-11-26(12-14-27)23(28)18-3-2-4-18/h5-10,15,18H,2-4,11-14,16H2,1H3. The van der Waals surface area contributed by atoms with Crippen molar-refractivity contribution in [1.29, 1.82) is 0 Å². The molecule has 0 atom stereocenters. The fourth-order valence-corrected chi connectivity index (χ4v) is 4.01. The predicted molar refractivity (Wildman–Crippen MR) is 119 cm³/mol. The summed E-state index contributed by atoms with van der Waals surface area (Å²) >= 11 is 5.92. The summed E-state index contributed by atoms with van der Waals surface area (Å²) < 4.78 is 11.3.